The Bertz CT molecular complexity index is 713. The van der Waals surface area contributed by atoms with E-state index < -0.39 is 5.54 Å². The van der Waals surface area contributed by atoms with Gasteiger partial charge in [0.2, 0.25) is 0 Å². The molecule has 2 aromatic carbocycles. The number of benzene rings is 2. The van der Waals surface area contributed by atoms with Crippen molar-refractivity contribution in [3.8, 4) is 0 Å². The van der Waals surface area contributed by atoms with E-state index in [2.05, 4.69) is 5.32 Å². The molecular formula is C20H25ClN2O2. The Morgan fingerprint density at radius 3 is 2.00 bits per heavy atom. The van der Waals surface area contributed by atoms with E-state index in [1.54, 1.807) is 48.5 Å². The van der Waals surface area contributed by atoms with Gasteiger partial charge in [0, 0.05) is 23.2 Å². The minimum Gasteiger partial charge on any atom is -0.350 e. The summed E-state index contributed by atoms with van der Waals surface area (Å²) < 4.78 is 0. The van der Waals surface area contributed by atoms with Crippen LogP contribution in [-0.2, 0) is 0 Å². The number of ketones is 1. The van der Waals surface area contributed by atoms with Crippen LogP contribution in [0.3, 0.4) is 0 Å². The summed E-state index contributed by atoms with van der Waals surface area (Å²) in [5.74, 6) is -0.432. The topological polar surface area (TPSA) is 72.2 Å². The van der Waals surface area contributed by atoms with Gasteiger partial charge < -0.3 is 11.1 Å². The molecule has 5 heteroatoms. The van der Waals surface area contributed by atoms with Crippen LogP contribution >= 0.6 is 12.4 Å². The highest BCUT2D eigenvalue weighted by molar-refractivity contribution is 6.15. The number of hydrogen-bond acceptors (Lipinski definition) is 3. The van der Waals surface area contributed by atoms with Crippen LogP contribution in [0.5, 0.6) is 0 Å². The average molecular weight is 361 g/mol. The SMILES string of the molecule is CCC(N)(CC)CNC(=O)c1ccccc1C(=O)c1ccccc1.Cl. The van der Waals surface area contributed by atoms with E-state index in [0.29, 0.717) is 23.2 Å². The number of halogens is 1. The lowest BCUT2D eigenvalue weighted by Gasteiger charge is -2.27. The highest BCUT2D eigenvalue weighted by Gasteiger charge is 2.23. The van der Waals surface area contributed by atoms with E-state index in [0.717, 1.165) is 12.8 Å². The van der Waals surface area contributed by atoms with Crippen LogP contribution in [0.15, 0.2) is 54.6 Å². The molecule has 0 fully saturated rings. The molecule has 2 rings (SSSR count). The molecular weight excluding hydrogens is 336 g/mol. The molecule has 2 aromatic rings. The van der Waals surface area contributed by atoms with Gasteiger partial charge in [-0.1, -0.05) is 62.4 Å². The first-order valence-corrected chi connectivity index (χ1v) is 8.26. The van der Waals surface area contributed by atoms with Crippen LogP contribution in [0.1, 0.15) is 53.0 Å². The van der Waals surface area contributed by atoms with Gasteiger partial charge in [-0.15, -0.1) is 12.4 Å². The van der Waals surface area contributed by atoms with Gasteiger partial charge in [0.1, 0.15) is 0 Å². The van der Waals surface area contributed by atoms with E-state index >= 15 is 0 Å². The van der Waals surface area contributed by atoms with E-state index in [1.165, 1.54) is 0 Å². The Hall–Kier alpha value is -2.17. The largest absolute Gasteiger partial charge is 0.350 e. The molecule has 0 aliphatic rings. The molecule has 0 aromatic heterocycles. The number of hydrogen-bond donors (Lipinski definition) is 2. The number of carbonyl (C=O) groups is 2. The van der Waals surface area contributed by atoms with Gasteiger partial charge in [0.25, 0.3) is 5.91 Å². The molecule has 0 aliphatic heterocycles. The maximum absolute atomic E-state index is 12.7. The van der Waals surface area contributed by atoms with E-state index in [4.69, 9.17) is 5.73 Å². The number of carbonyl (C=O) groups excluding carboxylic acids is 2. The third-order valence-electron chi connectivity index (χ3n) is 4.46. The average Bonchev–Trinajstić information content (AvgIpc) is 2.66. The summed E-state index contributed by atoms with van der Waals surface area (Å²) in [6, 6.07) is 15.8. The van der Waals surface area contributed by atoms with Crippen molar-refractivity contribution < 1.29 is 9.59 Å². The van der Waals surface area contributed by atoms with Crippen molar-refractivity contribution in [2.75, 3.05) is 6.54 Å². The van der Waals surface area contributed by atoms with Crippen LogP contribution in [0, 0.1) is 0 Å². The van der Waals surface area contributed by atoms with Crippen molar-refractivity contribution in [3.05, 3.63) is 71.3 Å². The third kappa shape index (κ3) is 5.15. The smallest absolute Gasteiger partial charge is 0.252 e. The summed E-state index contributed by atoms with van der Waals surface area (Å²) in [4.78, 5) is 25.2. The standard InChI is InChI=1S/C20H24N2O2.ClH/c1-3-20(21,4-2)14-22-19(24)17-13-9-8-12-16(17)18(23)15-10-6-5-7-11-15;/h5-13H,3-4,14,21H2,1-2H3,(H,22,24);1H. The van der Waals surface area contributed by atoms with Crippen molar-refractivity contribution in [2.24, 2.45) is 5.73 Å². The van der Waals surface area contributed by atoms with E-state index in [1.807, 2.05) is 19.9 Å². The first-order valence-electron chi connectivity index (χ1n) is 8.26. The molecule has 1 amide bonds. The molecule has 0 heterocycles. The Balaban J connectivity index is 0.00000312. The quantitative estimate of drug-likeness (QED) is 0.741. The van der Waals surface area contributed by atoms with E-state index in [9.17, 15) is 9.59 Å². The summed E-state index contributed by atoms with van der Waals surface area (Å²) in [6.45, 7) is 4.39. The van der Waals surface area contributed by atoms with Gasteiger partial charge in [0.05, 0.1) is 5.56 Å². The summed E-state index contributed by atoms with van der Waals surface area (Å²) in [7, 11) is 0. The molecule has 25 heavy (non-hydrogen) atoms. The second-order valence-electron chi connectivity index (χ2n) is 5.99. The minimum absolute atomic E-state index is 0. The van der Waals surface area contributed by atoms with Gasteiger partial charge in [-0.25, -0.2) is 0 Å². The monoisotopic (exact) mass is 360 g/mol. The number of nitrogens with two attached hydrogens (primary N) is 1. The predicted molar refractivity (Wildman–Crippen MR) is 103 cm³/mol. The Morgan fingerprint density at radius 2 is 1.44 bits per heavy atom. The predicted octanol–water partition coefficient (Wildman–Crippen LogP) is 3.59. The Morgan fingerprint density at radius 1 is 0.920 bits per heavy atom. The van der Waals surface area contributed by atoms with Crippen molar-refractivity contribution in [1.29, 1.82) is 0 Å². The maximum atomic E-state index is 12.7. The Kier molecular flexibility index (Phi) is 7.81. The van der Waals surface area contributed by atoms with Crippen LogP contribution in [0.4, 0.5) is 0 Å². The third-order valence-corrected chi connectivity index (χ3v) is 4.46. The molecule has 4 nitrogen and oxygen atoms in total. The van der Waals surface area contributed by atoms with Crippen molar-refractivity contribution >= 4 is 24.1 Å². The highest BCUT2D eigenvalue weighted by Crippen LogP contribution is 2.16. The van der Waals surface area contributed by atoms with Gasteiger partial charge in [-0.2, -0.15) is 0 Å². The molecule has 0 atom stereocenters. The van der Waals surface area contributed by atoms with Gasteiger partial charge in [-0.3, -0.25) is 9.59 Å². The van der Waals surface area contributed by atoms with Gasteiger partial charge in [-0.05, 0) is 18.9 Å². The van der Waals surface area contributed by atoms with Crippen LogP contribution < -0.4 is 11.1 Å². The number of nitrogens with one attached hydrogen (secondary N) is 1. The van der Waals surface area contributed by atoms with Crippen molar-refractivity contribution in [2.45, 2.75) is 32.2 Å². The second kappa shape index (κ2) is 9.35. The molecule has 0 aliphatic carbocycles. The van der Waals surface area contributed by atoms with Crippen LogP contribution in [-0.4, -0.2) is 23.8 Å². The Labute approximate surface area is 155 Å². The normalized spacial score (nSPS) is 10.7. The number of rotatable bonds is 7. The fourth-order valence-corrected chi connectivity index (χ4v) is 2.48. The lowest BCUT2D eigenvalue weighted by Crippen LogP contribution is -2.49. The molecule has 0 saturated heterocycles. The maximum Gasteiger partial charge on any atom is 0.252 e. The highest BCUT2D eigenvalue weighted by atomic mass is 35.5. The van der Waals surface area contributed by atoms with E-state index in [-0.39, 0.29) is 24.1 Å². The molecule has 3 N–H and O–H groups in total. The van der Waals surface area contributed by atoms with Crippen molar-refractivity contribution in [3.63, 3.8) is 0 Å². The number of amides is 1. The molecule has 0 bridgehead atoms. The molecule has 134 valence electrons. The zero-order chi connectivity index (χ0) is 17.6. The first-order chi connectivity index (χ1) is 11.5. The summed E-state index contributed by atoms with van der Waals surface area (Å²) in [5.41, 5.74) is 7.15. The fourth-order valence-electron chi connectivity index (χ4n) is 2.48. The first kappa shape index (κ1) is 20.9. The zero-order valence-corrected chi connectivity index (χ0v) is 15.4. The van der Waals surface area contributed by atoms with Gasteiger partial charge >= 0.3 is 0 Å². The lowest BCUT2D eigenvalue weighted by atomic mass is 9.93. The second-order valence-corrected chi connectivity index (χ2v) is 5.99. The summed E-state index contributed by atoms with van der Waals surface area (Å²) in [6.07, 6.45) is 1.54. The fraction of sp³-hybridized carbons (Fsp3) is 0.300. The molecule has 0 unspecified atom stereocenters. The molecule has 0 saturated carbocycles. The minimum atomic E-state index is -0.423. The van der Waals surface area contributed by atoms with Gasteiger partial charge in [0.15, 0.2) is 5.78 Å². The zero-order valence-electron chi connectivity index (χ0n) is 14.6. The summed E-state index contributed by atoms with van der Waals surface area (Å²) >= 11 is 0. The van der Waals surface area contributed by atoms with Crippen LogP contribution in [0.25, 0.3) is 0 Å². The lowest BCUT2D eigenvalue weighted by molar-refractivity contribution is 0.0932. The molecule has 0 radical (unpaired) electrons. The molecule has 0 spiro atoms. The summed E-state index contributed by atoms with van der Waals surface area (Å²) in [5, 5.41) is 2.87. The van der Waals surface area contributed by atoms with Crippen molar-refractivity contribution in [1.82, 2.24) is 5.32 Å². The van der Waals surface area contributed by atoms with Crippen LogP contribution in [0.2, 0.25) is 0 Å².